The van der Waals surface area contributed by atoms with Crippen molar-refractivity contribution in [1.82, 2.24) is 5.32 Å². The largest absolute Gasteiger partial charge is 0.454 e. The molecule has 4 nitrogen and oxygen atoms in total. The number of rotatable bonds is 6. The van der Waals surface area contributed by atoms with E-state index in [1.165, 1.54) is 0 Å². The summed E-state index contributed by atoms with van der Waals surface area (Å²) in [5, 5.41) is 3.90. The van der Waals surface area contributed by atoms with Gasteiger partial charge in [-0.1, -0.05) is 29.8 Å². The van der Waals surface area contributed by atoms with Crippen LogP contribution in [-0.2, 0) is 0 Å². The molecular formula is C15H20BrNO3. The molecule has 5 heteroatoms. The zero-order chi connectivity index (χ0) is 14.6. The molecule has 0 saturated heterocycles. The number of benzene rings is 1. The van der Waals surface area contributed by atoms with Gasteiger partial charge in [-0.3, -0.25) is 4.79 Å². The fraction of sp³-hybridized carbons (Fsp3) is 0.533. The maximum atomic E-state index is 12.2. The lowest BCUT2D eigenvalue weighted by Crippen LogP contribution is -2.38. The van der Waals surface area contributed by atoms with E-state index in [-0.39, 0.29) is 18.1 Å². The Morgan fingerprint density at radius 1 is 1.30 bits per heavy atom. The minimum Gasteiger partial charge on any atom is -0.454 e. The number of fused-ring (bicyclic) bond motifs is 1. The first-order chi connectivity index (χ1) is 9.64. The number of carbonyl (C=O) groups excluding carboxylic acids is 1. The van der Waals surface area contributed by atoms with E-state index in [9.17, 15) is 4.79 Å². The summed E-state index contributed by atoms with van der Waals surface area (Å²) in [4.78, 5) is 12.2. The van der Waals surface area contributed by atoms with Crippen LogP contribution in [0.3, 0.4) is 0 Å². The van der Waals surface area contributed by atoms with Gasteiger partial charge in [0.2, 0.25) is 6.79 Å². The van der Waals surface area contributed by atoms with Gasteiger partial charge in [-0.25, -0.2) is 0 Å². The summed E-state index contributed by atoms with van der Waals surface area (Å²) < 4.78 is 10.5. The van der Waals surface area contributed by atoms with Crippen molar-refractivity contribution in [2.75, 3.05) is 18.7 Å². The van der Waals surface area contributed by atoms with Gasteiger partial charge in [-0.2, -0.15) is 0 Å². The molecule has 110 valence electrons. The van der Waals surface area contributed by atoms with Crippen LogP contribution in [0.1, 0.15) is 37.0 Å². The predicted molar refractivity (Wildman–Crippen MR) is 81.7 cm³/mol. The van der Waals surface area contributed by atoms with E-state index in [4.69, 9.17) is 9.47 Å². The number of alkyl halides is 1. The summed E-state index contributed by atoms with van der Waals surface area (Å²) >= 11 is 3.55. The molecule has 1 aromatic rings. The minimum atomic E-state index is -0.0736. The molecule has 1 N–H and O–H groups in total. The third kappa shape index (κ3) is 3.08. The molecule has 0 atom stereocenters. The molecule has 0 spiro atoms. The van der Waals surface area contributed by atoms with Gasteiger partial charge >= 0.3 is 0 Å². The van der Waals surface area contributed by atoms with Gasteiger partial charge < -0.3 is 14.8 Å². The standard InChI is InChI=1S/C15H20BrNO3/c1-3-15(4-2,8-16)9-17-14(18)11-5-6-12-13(7-11)20-10-19-12/h5-7H,3-4,8-10H2,1-2H3,(H,17,18). The SMILES string of the molecule is CCC(CC)(CBr)CNC(=O)c1ccc2c(c1)OCO2. The molecule has 1 aromatic carbocycles. The Labute approximate surface area is 128 Å². The Morgan fingerprint density at radius 3 is 2.65 bits per heavy atom. The molecule has 1 aliphatic heterocycles. The summed E-state index contributed by atoms with van der Waals surface area (Å²) in [5.41, 5.74) is 0.719. The Morgan fingerprint density at radius 2 is 2.00 bits per heavy atom. The summed E-state index contributed by atoms with van der Waals surface area (Å²) in [6.07, 6.45) is 2.05. The second-order valence-corrected chi connectivity index (χ2v) is 5.65. The maximum absolute atomic E-state index is 12.2. The van der Waals surface area contributed by atoms with Crippen LogP contribution >= 0.6 is 15.9 Å². The average Bonchev–Trinajstić information content (AvgIpc) is 2.96. The quantitative estimate of drug-likeness (QED) is 0.807. The van der Waals surface area contributed by atoms with Crippen molar-refractivity contribution in [1.29, 1.82) is 0 Å². The minimum absolute atomic E-state index is 0.0736. The van der Waals surface area contributed by atoms with Crippen molar-refractivity contribution in [2.24, 2.45) is 5.41 Å². The van der Waals surface area contributed by atoms with Crippen molar-refractivity contribution in [2.45, 2.75) is 26.7 Å². The highest BCUT2D eigenvalue weighted by Crippen LogP contribution is 2.32. The van der Waals surface area contributed by atoms with E-state index < -0.39 is 0 Å². The lowest BCUT2D eigenvalue weighted by molar-refractivity contribution is 0.0932. The molecule has 20 heavy (non-hydrogen) atoms. The fourth-order valence-corrected chi connectivity index (χ4v) is 3.14. The second-order valence-electron chi connectivity index (χ2n) is 5.09. The number of amides is 1. The summed E-state index contributed by atoms with van der Waals surface area (Å²) in [5.74, 6) is 1.25. The van der Waals surface area contributed by atoms with E-state index in [0.29, 0.717) is 23.6 Å². The van der Waals surface area contributed by atoms with Gasteiger partial charge in [-0.05, 0) is 36.5 Å². The van der Waals surface area contributed by atoms with Crippen molar-refractivity contribution in [3.63, 3.8) is 0 Å². The predicted octanol–water partition coefficient (Wildman–Crippen LogP) is 3.35. The zero-order valence-corrected chi connectivity index (χ0v) is 13.5. The zero-order valence-electron chi connectivity index (χ0n) is 11.9. The highest BCUT2D eigenvalue weighted by atomic mass is 79.9. The van der Waals surface area contributed by atoms with E-state index in [0.717, 1.165) is 18.2 Å². The smallest absolute Gasteiger partial charge is 0.251 e. The number of ether oxygens (including phenoxy) is 2. The van der Waals surface area contributed by atoms with Gasteiger partial charge in [0, 0.05) is 17.4 Å². The Balaban J connectivity index is 2.02. The molecule has 0 radical (unpaired) electrons. The third-order valence-corrected chi connectivity index (χ3v) is 5.23. The molecule has 1 amide bonds. The Bertz CT molecular complexity index is 478. The van der Waals surface area contributed by atoms with Crippen LogP contribution in [0, 0.1) is 5.41 Å². The Kier molecular flexibility index (Phi) is 4.91. The molecule has 0 bridgehead atoms. The van der Waals surface area contributed by atoms with Crippen molar-refractivity contribution >= 4 is 21.8 Å². The number of hydrogen-bond acceptors (Lipinski definition) is 3. The van der Waals surface area contributed by atoms with Gasteiger partial charge in [0.25, 0.3) is 5.91 Å². The molecule has 0 fully saturated rings. The summed E-state index contributed by atoms with van der Waals surface area (Å²) in [7, 11) is 0. The lowest BCUT2D eigenvalue weighted by Gasteiger charge is -2.29. The van der Waals surface area contributed by atoms with Crippen LogP contribution in [0.5, 0.6) is 11.5 Å². The second kappa shape index (κ2) is 6.48. The van der Waals surface area contributed by atoms with Crippen LogP contribution in [0.25, 0.3) is 0 Å². The Hall–Kier alpha value is -1.23. The van der Waals surface area contributed by atoms with E-state index in [1.807, 2.05) is 0 Å². The molecule has 1 aliphatic rings. The highest BCUT2D eigenvalue weighted by Gasteiger charge is 2.26. The molecule has 1 heterocycles. The first-order valence-electron chi connectivity index (χ1n) is 6.88. The van der Waals surface area contributed by atoms with Gasteiger partial charge in [-0.15, -0.1) is 0 Å². The first kappa shape index (κ1) is 15.2. The van der Waals surface area contributed by atoms with E-state index >= 15 is 0 Å². The number of carbonyl (C=O) groups is 1. The number of nitrogens with one attached hydrogen (secondary N) is 1. The van der Waals surface area contributed by atoms with Crippen molar-refractivity contribution in [3.8, 4) is 11.5 Å². The van der Waals surface area contributed by atoms with Crippen molar-refractivity contribution in [3.05, 3.63) is 23.8 Å². The maximum Gasteiger partial charge on any atom is 0.251 e. The summed E-state index contributed by atoms with van der Waals surface area (Å²) in [6.45, 7) is 5.19. The van der Waals surface area contributed by atoms with Gasteiger partial charge in [0.1, 0.15) is 0 Å². The topological polar surface area (TPSA) is 47.6 Å². The van der Waals surface area contributed by atoms with Gasteiger partial charge in [0.05, 0.1) is 0 Å². The molecule has 2 rings (SSSR count). The van der Waals surface area contributed by atoms with Crippen LogP contribution in [-0.4, -0.2) is 24.6 Å². The normalized spacial score (nSPS) is 13.3. The van der Waals surface area contributed by atoms with Crippen LogP contribution in [0.15, 0.2) is 18.2 Å². The van der Waals surface area contributed by atoms with E-state index in [1.54, 1.807) is 18.2 Å². The van der Waals surface area contributed by atoms with Crippen LogP contribution in [0.4, 0.5) is 0 Å². The highest BCUT2D eigenvalue weighted by molar-refractivity contribution is 9.09. The monoisotopic (exact) mass is 341 g/mol. The van der Waals surface area contributed by atoms with Crippen LogP contribution < -0.4 is 14.8 Å². The fourth-order valence-electron chi connectivity index (χ4n) is 2.14. The summed E-state index contributed by atoms with van der Waals surface area (Å²) in [6, 6.07) is 5.26. The number of halogens is 1. The van der Waals surface area contributed by atoms with Crippen molar-refractivity contribution < 1.29 is 14.3 Å². The molecule has 0 aromatic heterocycles. The first-order valence-corrected chi connectivity index (χ1v) is 8.00. The van der Waals surface area contributed by atoms with E-state index in [2.05, 4.69) is 35.1 Å². The lowest BCUT2D eigenvalue weighted by atomic mass is 9.84. The van der Waals surface area contributed by atoms with Gasteiger partial charge in [0.15, 0.2) is 11.5 Å². The average molecular weight is 342 g/mol. The third-order valence-electron chi connectivity index (χ3n) is 4.04. The number of hydrogen-bond donors (Lipinski definition) is 1. The molecule has 0 unspecified atom stereocenters. The van der Waals surface area contributed by atoms with Crippen LogP contribution in [0.2, 0.25) is 0 Å². The molecule has 0 saturated carbocycles. The molecule has 0 aliphatic carbocycles. The molecular weight excluding hydrogens is 322 g/mol.